The number of hydrogen-bond donors (Lipinski definition) is 1. The topological polar surface area (TPSA) is 70.2 Å². The van der Waals surface area contributed by atoms with Crippen molar-refractivity contribution in [3.8, 4) is 0 Å². The van der Waals surface area contributed by atoms with Crippen LogP contribution in [-0.2, 0) is 21.1 Å². The number of carbonyl (C=O) groups excluding carboxylic acids is 1. The number of rotatable bonds is 4. The molecule has 140 valence electrons. The largest absolute Gasteiger partial charge is 0.356 e. The second kappa shape index (κ2) is 6.12. The second-order valence-electron chi connectivity index (χ2n) is 7.90. The van der Waals surface area contributed by atoms with Crippen molar-refractivity contribution in [1.82, 2.24) is 9.88 Å². The minimum absolute atomic E-state index is 0.0494. The molecule has 0 aliphatic carbocycles. The minimum Gasteiger partial charge on any atom is -0.356 e. The highest BCUT2D eigenvalue weighted by molar-refractivity contribution is 7.90. The van der Waals surface area contributed by atoms with E-state index < -0.39 is 9.84 Å². The summed E-state index contributed by atoms with van der Waals surface area (Å²) < 4.78 is 23.7. The van der Waals surface area contributed by atoms with Gasteiger partial charge in [-0.05, 0) is 42.7 Å². The standard InChI is InChI=1S/C20H26N2O3S/c1-3-20(11-13-26(2,24)25)10-8-17(23)22-12-9-15-14-6-4-5-7-16(14)21-18(15)19(20)22/h4-7,19,21H,3,8-13H2,1-2H3/t19-,20+/m0/s1. The van der Waals surface area contributed by atoms with E-state index in [-0.39, 0.29) is 23.1 Å². The Labute approximate surface area is 154 Å². The van der Waals surface area contributed by atoms with Crippen molar-refractivity contribution >= 4 is 26.6 Å². The first-order valence-electron chi connectivity index (χ1n) is 9.41. The fourth-order valence-electron chi connectivity index (χ4n) is 4.98. The number of amides is 1. The third kappa shape index (κ3) is 2.75. The molecule has 1 fully saturated rings. The number of fused-ring (bicyclic) bond motifs is 5. The fourth-order valence-corrected chi connectivity index (χ4v) is 5.76. The molecular weight excluding hydrogens is 348 g/mol. The van der Waals surface area contributed by atoms with Gasteiger partial charge in [0.15, 0.2) is 0 Å². The SMILES string of the molecule is CC[C@]1(CCS(C)(=O)=O)CCC(=O)N2CCc3c([nH]c4ccccc34)[C@H]21. The summed E-state index contributed by atoms with van der Waals surface area (Å²) in [4.78, 5) is 18.2. The molecule has 0 saturated carbocycles. The van der Waals surface area contributed by atoms with E-state index in [1.807, 2.05) is 17.0 Å². The Morgan fingerprint density at radius 2 is 2.04 bits per heavy atom. The van der Waals surface area contributed by atoms with Crippen LogP contribution < -0.4 is 0 Å². The number of carbonyl (C=O) groups is 1. The van der Waals surface area contributed by atoms with Crippen molar-refractivity contribution in [3.63, 3.8) is 0 Å². The molecule has 0 bridgehead atoms. The van der Waals surface area contributed by atoms with E-state index in [1.165, 1.54) is 17.2 Å². The normalized spacial score (nSPS) is 26.0. The van der Waals surface area contributed by atoms with Crippen LogP contribution >= 0.6 is 0 Å². The number of para-hydroxylation sites is 1. The highest BCUT2D eigenvalue weighted by Crippen LogP contribution is 2.53. The van der Waals surface area contributed by atoms with Gasteiger partial charge in [-0.1, -0.05) is 25.1 Å². The van der Waals surface area contributed by atoms with Crippen LogP contribution in [0.4, 0.5) is 0 Å². The lowest BCUT2D eigenvalue weighted by atomic mass is 9.66. The average Bonchev–Trinajstić information content (AvgIpc) is 2.99. The van der Waals surface area contributed by atoms with Gasteiger partial charge in [0.05, 0.1) is 11.8 Å². The van der Waals surface area contributed by atoms with E-state index in [9.17, 15) is 13.2 Å². The van der Waals surface area contributed by atoms with Gasteiger partial charge >= 0.3 is 0 Å². The van der Waals surface area contributed by atoms with Gasteiger partial charge in [0.1, 0.15) is 9.84 Å². The predicted molar refractivity (Wildman–Crippen MR) is 103 cm³/mol. The number of benzene rings is 1. The molecule has 6 heteroatoms. The molecular formula is C20H26N2O3S. The van der Waals surface area contributed by atoms with E-state index in [2.05, 4.69) is 24.0 Å². The van der Waals surface area contributed by atoms with Crippen molar-refractivity contribution < 1.29 is 13.2 Å². The Morgan fingerprint density at radius 3 is 2.77 bits per heavy atom. The highest BCUT2D eigenvalue weighted by atomic mass is 32.2. The summed E-state index contributed by atoms with van der Waals surface area (Å²) >= 11 is 0. The second-order valence-corrected chi connectivity index (χ2v) is 10.2. The first-order chi connectivity index (χ1) is 12.3. The van der Waals surface area contributed by atoms with Gasteiger partial charge in [0, 0.05) is 35.8 Å². The van der Waals surface area contributed by atoms with E-state index >= 15 is 0 Å². The Hall–Kier alpha value is -1.82. The molecule has 26 heavy (non-hydrogen) atoms. The highest BCUT2D eigenvalue weighted by Gasteiger charge is 2.50. The van der Waals surface area contributed by atoms with Crippen molar-refractivity contribution in [1.29, 1.82) is 0 Å². The van der Waals surface area contributed by atoms with Gasteiger partial charge in [-0.25, -0.2) is 8.42 Å². The third-order valence-electron chi connectivity index (χ3n) is 6.45. The zero-order chi connectivity index (χ0) is 18.5. The molecule has 2 aliphatic heterocycles. The van der Waals surface area contributed by atoms with E-state index in [4.69, 9.17) is 0 Å². The molecule has 1 N–H and O–H groups in total. The summed E-state index contributed by atoms with van der Waals surface area (Å²) in [5.41, 5.74) is 3.34. The molecule has 0 radical (unpaired) electrons. The molecule has 1 saturated heterocycles. The van der Waals surface area contributed by atoms with E-state index in [1.54, 1.807) is 0 Å². The monoisotopic (exact) mass is 374 g/mol. The third-order valence-corrected chi connectivity index (χ3v) is 7.39. The van der Waals surface area contributed by atoms with Crippen molar-refractivity contribution in [2.75, 3.05) is 18.6 Å². The number of sulfone groups is 1. The van der Waals surface area contributed by atoms with Crippen LogP contribution in [0.1, 0.15) is 49.9 Å². The lowest BCUT2D eigenvalue weighted by Gasteiger charge is -2.51. The predicted octanol–water partition coefficient (Wildman–Crippen LogP) is 3.22. The van der Waals surface area contributed by atoms with Gasteiger partial charge in [-0.3, -0.25) is 4.79 Å². The van der Waals surface area contributed by atoms with Crippen LogP contribution in [-0.4, -0.2) is 42.8 Å². The minimum atomic E-state index is -3.04. The van der Waals surface area contributed by atoms with Crippen LogP contribution in [0.3, 0.4) is 0 Å². The summed E-state index contributed by atoms with van der Waals surface area (Å²) in [6.45, 7) is 2.85. The molecule has 3 heterocycles. The molecule has 1 amide bonds. The van der Waals surface area contributed by atoms with E-state index in [0.29, 0.717) is 12.8 Å². The van der Waals surface area contributed by atoms with Gasteiger partial charge < -0.3 is 9.88 Å². The van der Waals surface area contributed by atoms with Crippen LogP contribution in [0.2, 0.25) is 0 Å². The lowest BCUT2D eigenvalue weighted by Crippen LogP contribution is -2.52. The lowest BCUT2D eigenvalue weighted by molar-refractivity contribution is -0.145. The van der Waals surface area contributed by atoms with Crippen molar-refractivity contribution in [3.05, 3.63) is 35.5 Å². The maximum atomic E-state index is 12.7. The number of nitrogens with one attached hydrogen (secondary N) is 1. The maximum Gasteiger partial charge on any atom is 0.223 e. The van der Waals surface area contributed by atoms with E-state index in [0.717, 1.165) is 37.0 Å². The Morgan fingerprint density at radius 1 is 1.27 bits per heavy atom. The Bertz CT molecular complexity index is 963. The van der Waals surface area contributed by atoms with Gasteiger partial charge in [-0.2, -0.15) is 0 Å². The Balaban J connectivity index is 1.85. The van der Waals surface area contributed by atoms with Gasteiger partial charge in [-0.15, -0.1) is 0 Å². The molecule has 2 aliphatic rings. The molecule has 0 unspecified atom stereocenters. The number of H-pyrrole nitrogens is 1. The summed E-state index contributed by atoms with van der Waals surface area (Å²) in [5, 5.41) is 1.23. The first kappa shape index (κ1) is 17.6. The average molecular weight is 375 g/mol. The van der Waals surface area contributed by atoms with Crippen molar-refractivity contribution in [2.24, 2.45) is 5.41 Å². The van der Waals surface area contributed by atoms with Gasteiger partial charge in [0.2, 0.25) is 5.91 Å². The maximum absolute atomic E-state index is 12.7. The zero-order valence-corrected chi connectivity index (χ0v) is 16.2. The summed E-state index contributed by atoms with van der Waals surface area (Å²) in [6, 6.07) is 8.23. The quantitative estimate of drug-likeness (QED) is 0.893. The molecule has 4 rings (SSSR count). The Kier molecular flexibility index (Phi) is 4.14. The van der Waals surface area contributed by atoms with Crippen molar-refractivity contribution in [2.45, 2.75) is 45.1 Å². The molecule has 0 spiro atoms. The summed E-state index contributed by atoms with van der Waals surface area (Å²) in [6.07, 6.45) is 4.90. The van der Waals surface area contributed by atoms with Crippen LogP contribution in [0.15, 0.2) is 24.3 Å². The first-order valence-corrected chi connectivity index (χ1v) is 11.5. The molecule has 2 atom stereocenters. The molecule has 1 aromatic carbocycles. The number of aromatic nitrogens is 1. The summed E-state index contributed by atoms with van der Waals surface area (Å²) in [7, 11) is -3.04. The summed E-state index contributed by atoms with van der Waals surface area (Å²) in [5.74, 6) is 0.373. The smallest absolute Gasteiger partial charge is 0.223 e. The van der Waals surface area contributed by atoms with Crippen LogP contribution in [0.5, 0.6) is 0 Å². The molecule has 1 aromatic heterocycles. The van der Waals surface area contributed by atoms with Gasteiger partial charge in [0.25, 0.3) is 0 Å². The number of nitrogens with zero attached hydrogens (tertiary/aromatic N) is 1. The zero-order valence-electron chi connectivity index (χ0n) is 15.4. The number of aromatic amines is 1. The van der Waals surface area contributed by atoms with Crippen LogP contribution in [0, 0.1) is 5.41 Å². The molecule has 2 aromatic rings. The number of piperidine rings is 1. The number of hydrogen-bond acceptors (Lipinski definition) is 3. The fraction of sp³-hybridized carbons (Fsp3) is 0.550. The van der Waals surface area contributed by atoms with Crippen LogP contribution in [0.25, 0.3) is 10.9 Å². The molecule has 5 nitrogen and oxygen atoms in total.